The van der Waals surface area contributed by atoms with E-state index >= 15 is 0 Å². The Labute approximate surface area is 109 Å². The molecule has 2 rings (SSSR count). The molecule has 2 N–H and O–H groups in total. The summed E-state index contributed by atoms with van der Waals surface area (Å²) in [6.45, 7) is 4.09. The summed E-state index contributed by atoms with van der Waals surface area (Å²) in [5.41, 5.74) is -0.784. The van der Waals surface area contributed by atoms with Gasteiger partial charge in [-0.2, -0.15) is 0 Å². The molecule has 0 aliphatic carbocycles. The Hall–Kier alpha value is -1.40. The minimum atomic E-state index is -0.784. The van der Waals surface area contributed by atoms with Crippen molar-refractivity contribution in [2.45, 2.75) is 25.9 Å². The zero-order valence-electron chi connectivity index (χ0n) is 10.4. The van der Waals surface area contributed by atoms with Crippen molar-refractivity contribution in [3.8, 4) is 0 Å². The molecule has 1 fully saturated rings. The minimum absolute atomic E-state index is 0.0885. The Morgan fingerprint density at radius 2 is 2.22 bits per heavy atom. The maximum absolute atomic E-state index is 12.1. The molecule has 0 radical (unpaired) electrons. The van der Waals surface area contributed by atoms with Gasteiger partial charge in [0, 0.05) is 20.0 Å². The van der Waals surface area contributed by atoms with Gasteiger partial charge in [-0.15, -0.1) is 11.3 Å². The highest BCUT2D eigenvalue weighted by molar-refractivity contribution is 7.18. The average molecular weight is 268 g/mol. The van der Waals surface area contributed by atoms with Crippen LogP contribution >= 0.6 is 11.3 Å². The summed E-state index contributed by atoms with van der Waals surface area (Å²) in [7, 11) is 0. The van der Waals surface area contributed by atoms with Crippen LogP contribution in [-0.2, 0) is 4.79 Å². The molecule has 1 atom stereocenters. The van der Waals surface area contributed by atoms with Crippen molar-refractivity contribution in [3.05, 3.63) is 17.0 Å². The summed E-state index contributed by atoms with van der Waals surface area (Å²) in [5.74, 6) is -0.241. The lowest BCUT2D eigenvalue weighted by Gasteiger charge is -2.18. The van der Waals surface area contributed by atoms with Crippen LogP contribution in [0.4, 0.5) is 5.00 Å². The smallest absolute Gasteiger partial charge is 0.264 e. The number of nitrogens with zero attached hydrogens (tertiary/aromatic N) is 1. The van der Waals surface area contributed by atoms with E-state index in [0.717, 1.165) is 0 Å². The molecule has 5 nitrogen and oxygen atoms in total. The molecule has 0 aromatic carbocycles. The molecule has 1 unspecified atom stereocenters. The van der Waals surface area contributed by atoms with Crippen LogP contribution in [0.3, 0.4) is 0 Å². The number of carbonyl (C=O) groups excluding carboxylic acids is 2. The number of nitrogens with one attached hydrogen (secondary N) is 1. The molecule has 0 saturated carbocycles. The number of rotatable bonds is 2. The van der Waals surface area contributed by atoms with Gasteiger partial charge in [0.25, 0.3) is 5.91 Å². The van der Waals surface area contributed by atoms with Crippen LogP contribution in [0, 0.1) is 0 Å². The van der Waals surface area contributed by atoms with E-state index < -0.39 is 5.60 Å². The lowest BCUT2D eigenvalue weighted by Crippen LogP contribution is -2.33. The first kappa shape index (κ1) is 13.0. The maximum Gasteiger partial charge on any atom is 0.264 e. The normalized spacial score (nSPS) is 23.2. The minimum Gasteiger partial charge on any atom is -0.388 e. The summed E-state index contributed by atoms with van der Waals surface area (Å²) >= 11 is 1.25. The van der Waals surface area contributed by atoms with Crippen LogP contribution < -0.4 is 5.32 Å². The molecule has 18 heavy (non-hydrogen) atoms. The molecular weight excluding hydrogens is 252 g/mol. The molecule has 2 heterocycles. The van der Waals surface area contributed by atoms with Crippen molar-refractivity contribution in [2.75, 3.05) is 18.4 Å². The van der Waals surface area contributed by atoms with Gasteiger partial charge in [-0.25, -0.2) is 0 Å². The molecule has 1 saturated heterocycles. The Bertz CT molecular complexity index is 481. The lowest BCUT2D eigenvalue weighted by molar-refractivity contribution is -0.114. The van der Waals surface area contributed by atoms with E-state index in [1.165, 1.54) is 18.3 Å². The number of anilines is 1. The average Bonchev–Trinajstić information content (AvgIpc) is 2.83. The van der Waals surface area contributed by atoms with Gasteiger partial charge in [-0.05, 0) is 25.5 Å². The predicted octanol–water partition coefficient (Wildman–Crippen LogP) is 1.30. The zero-order chi connectivity index (χ0) is 13.3. The second-order valence-corrected chi connectivity index (χ2v) is 5.90. The van der Waals surface area contributed by atoms with E-state index in [0.29, 0.717) is 29.4 Å². The highest BCUT2D eigenvalue weighted by Gasteiger charge is 2.34. The Morgan fingerprint density at radius 1 is 1.50 bits per heavy atom. The van der Waals surface area contributed by atoms with Gasteiger partial charge in [-0.3, -0.25) is 9.59 Å². The van der Waals surface area contributed by atoms with Gasteiger partial charge in [0.2, 0.25) is 5.91 Å². The second kappa shape index (κ2) is 4.70. The van der Waals surface area contributed by atoms with E-state index in [1.54, 1.807) is 24.0 Å². The van der Waals surface area contributed by atoms with Crippen LogP contribution in [0.1, 0.15) is 29.9 Å². The molecule has 2 amide bonds. The highest BCUT2D eigenvalue weighted by atomic mass is 32.1. The summed E-state index contributed by atoms with van der Waals surface area (Å²) in [4.78, 5) is 25.3. The number of likely N-dealkylation sites (tertiary alicyclic amines) is 1. The summed E-state index contributed by atoms with van der Waals surface area (Å²) in [6, 6.07) is 3.42. The monoisotopic (exact) mass is 268 g/mol. The van der Waals surface area contributed by atoms with Crippen molar-refractivity contribution >= 4 is 28.2 Å². The van der Waals surface area contributed by atoms with Crippen molar-refractivity contribution in [1.29, 1.82) is 0 Å². The summed E-state index contributed by atoms with van der Waals surface area (Å²) in [6.07, 6.45) is 0.600. The predicted molar refractivity (Wildman–Crippen MR) is 69.8 cm³/mol. The van der Waals surface area contributed by atoms with Crippen LogP contribution in [0.5, 0.6) is 0 Å². The van der Waals surface area contributed by atoms with E-state index in [2.05, 4.69) is 5.32 Å². The molecule has 0 bridgehead atoms. The van der Waals surface area contributed by atoms with Crippen LogP contribution in [0.15, 0.2) is 12.1 Å². The molecule has 0 spiro atoms. The summed E-state index contributed by atoms with van der Waals surface area (Å²) < 4.78 is 0. The fourth-order valence-corrected chi connectivity index (χ4v) is 2.89. The maximum atomic E-state index is 12.1. The first-order chi connectivity index (χ1) is 8.37. The van der Waals surface area contributed by atoms with Crippen LogP contribution in [0.25, 0.3) is 0 Å². The molecule has 98 valence electrons. The number of β-amino-alcohol motifs (C(OH)–C–C–N with tert-alkyl or cyclic N) is 1. The number of hydrogen-bond donors (Lipinski definition) is 2. The van der Waals surface area contributed by atoms with Crippen LogP contribution in [-0.4, -0.2) is 40.5 Å². The Morgan fingerprint density at radius 3 is 2.78 bits per heavy atom. The van der Waals surface area contributed by atoms with Crippen molar-refractivity contribution < 1.29 is 14.7 Å². The summed E-state index contributed by atoms with van der Waals surface area (Å²) in [5, 5.41) is 13.1. The third-order valence-electron chi connectivity index (χ3n) is 2.86. The quantitative estimate of drug-likeness (QED) is 0.849. The number of hydrogen-bond acceptors (Lipinski definition) is 4. The SMILES string of the molecule is CC(=O)Nc1ccc(C(=O)N2CCC(C)(O)C2)s1. The standard InChI is InChI=1S/C12H16N2O3S/c1-8(15)13-10-4-3-9(18-10)11(16)14-6-5-12(2,17)7-14/h3-4,17H,5-7H2,1-2H3,(H,13,15). The molecule has 1 aliphatic heterocycles. The fraction of sp³-hybridized carbons (Fsp3) is 0.500. The third kappa shape index (κ3) is 2.88. The van der Waals surface area contributed by atoms with Crippen molar-refractivity contribution in [3.63, 3.8) is 0 Å². The first-order valence-corrected chi connectivity index (χ1v) is 6.58. The largest absolute Gasteiger partial charge is 0.388 e. The fourth-order valence-electron chi connectivity index (χ4n) is 1.97. The Balaban J connectivity index is 2.05. The van der Waals surface area contributed by atoms with Crippen molar-refractivity contribution in [2.24, 2.45) is 0 Å². The number of thiophene rings is 1. The van der Waals surface area contributed by atoms with E-state index in [4.69, 9.17) is 0 Å². The molecule has 6 heteroatoms. The molecule has 1 aliphatic rings. The number of aliphatic hydroxyl groups is 1. The van der Waals surface area contributed by atoms with Gasteiger partial charge < -0.3 is 15.3 Å². The van der Waals surface area contributed by atoms with Crippen molar-refractivity contribution in [1.82, 2.24) is 4.90 Å². The molecular formula is C12H16N2O3S. The Kier molecular flexibility index (Phi) is 3.41. The molecule has 1 aromatic heterocycles. The van der Waals surface area contributed by atoms with Gasteiger partial charge in [0.15, 0.2) is 0 Å². The number of amides is 2. The van der Waals surface area contributed by atoms with E-state index in [-0.39, 0.29) is 11.8 Å². The van der Waals surface area contributed by atoms with Gasteiger partial charge in [-0.1, -0.05) is 0 Å². The van der Waals surface area contributed by atoms with Gasteiger partial charge in [0.05, 0.1) is 15.5 Å². The van der Waals surface area contributed by atoms with E-state index in [1.807, 2.05) is 0 Å². The second-order valence-electron chi connectivity index (χ2n) is 4.82. The third-order valence-corrected chi connectivity index (χ3v) is 3.84. The lowest BCUT2D eigenvalue weighted by atomic mass is 10.1. The van der Waals surface area contributed by atoms with Crippen LogP contribution in [0.2, 0.25) is 0 Å². The van der Waals surface area contributed by atoms with E-state index in [9.17, 15) is 14.7 Å². The molecule has 1 aromatic rings. The van der Waals surface area contributed by atoms with Gasteiger partial charge in [0.1, 0.15) is 0 Å². The van der Waals surface area contributed by atoms with Gasteiger partial charge >= 0.3 is 0 Å². The highest BCUT2D eigenvalue weighted by Crippen LogP contribution is 2.27. The number of carbonyl (C=O) groups is 2. The zero-order valence-corrected chi connectivity index (χ0v) is 11.2. The first-order valence-electron chi connectivity index (χ1n) is 5.76. The topological polar surface area (TPSA) is 69.6 Å².